The van der Waals surface area contributed by atoms with Crippen molar-refractivity contribution < 1.29 is 13.7 Å². The first-order valence-corrected chi connectivity index (χ1v) is 7.09. The van der Waals surface area contributed by atoms with Crippen LogP contribution >= 0.6 is 19.2 Å². The lowest BCUT2D eigenvalue weighted by molar-refractivity contribution is 0.180. The Morgan fingerprint density at radius 1 is 1.35 bits per heavy atom. The second-order valence-corrected chi connectivity index (χ2v) is 6.09. The van der Waals surface area contributed by atoms with E-state index in [9.17, 15) is 4.57 Å². The van der Waals surface area contributed by atoms with Gasteiger partial charge in [-0.05, 0) is 32.9 Å². The van der Waals surface area contributed by atoms with Gasteiger partial charge in [-0.3, -0.25) is 4.52 Å². The van der Waals surface area contributed by atoms with Crippen molar-refractivity contribution in [3.63, 3.8) is 0 Å². The first-order valence-electron chi connectivity index (χ1n) is 5.17. The van der Waals surface area contributed by atoms with E-state index in [2.05, 4.69) is 5.16 Å². The molecule has 0 radical (unpaired) electrons. The number of halogens is 1. The van der Waals surface area contributed by atoms with Crippen molar-refractivity contribution in [1.82, 2.24) is 0 Å². The van der Waals surface area contributed by atoms with Gasteiger partial charge in [-0.2, -0.15) is 0 Å². The van der Waals surface area contributed by atoms with Crippen LogP contribution < -0.4 is 5.30 Å². The van der Waals surface area contributed by atoms with Crippen molar-refractivity contribution in [1.29, 1.82) is 0 Å². The molecule has 1 unspecified atom stereocenters. The molecular formula is C11H15ClNO3P. The highest BCUT2D eigenvalue weighted by Crippen LogP contribution is 2.48. The van der Waals surface area contributed by atoms with Crippen molar-refractivity contribution in [3.05, 3.63) is 30.3 Å². The number of nitrogens with zero attached hydrogens (tertiary/aromatic N) is 1. The molecule has 1 aromatic rings. The molecule has 0 aromatic heterocycles. The molecule has 0 amide bonds. The third-order valence-corrected chi connectivity index (χ3v) is 3.69. The van der Waals surface area contributed by atoms with Crippen LogP contribution in [0.15, 0.2) is 35.5 Å². The Bertz CT molecular complexity index is 430. The molecule has 0 heterocycles. The van der Waals surface area contributed by atoms with E-state index < -0.39 is 7.60 Å². The molecule has 0 saturated heterocycles. The zero-order valence-electron chi connectivity index (χ0n) is 9.96. The van der Waals surface area contributed by atoms with Crippen LogP contribution in [0.3, 0.4) is 0 Å². The van der Waals surface area contributed by atoms with Gasteiger partial charge in [-0.1, -0.05) is 35.0 Å². The van der Waals surface area contributed by atoms with Crippen LogP contribution in [0.2, 0.25) is 0 Å². The molecule has 0 spiro atoms. The fourth-order valence-corrected chi connectivity index (χ4v) is 2.78. The van der Waals surface area contributed by atoms with E-state index in [1.54, 1.807) is 38.1 Å². The fourth-order valence-electron chi connectivity index (χ4n) is 1.13. The van der Waals surface area contributed by atoms with Crippen LogP contribution in [-0.2, 0) is 13.7 Å². The first kappa shape index (κ1) is 14.2. The van der Waals surface area contributed by atoms with Gasteiger partial charge in [-0.15, -0.1) is 0 Å². The van der Waals surface area contributed by atoms with Gasteiger partial charge in [-0.25, -0.2) is 4.57 Å². The summed E-state index contributed by atoms with van der Waals surface area (Å²) < 4.78 is 22.8. The van der Waals surface area contributed by atoms with Crippen molar-refractivity contribution in [3.8, 4) is 0 Å². The van der Waals surface area contributed by atoms with Gasteiger partial charge < -0.3 is 4.62 Å². The number of hydrogen-bond donors (Lipinski definition) is 0. The Morgan fingerprint density at radius 3 is 2.41 bits per heavy atom. The summed E-state index contributed by atoms with van der Waals surface area (Å²) >= 11 is 5.56. The number of oxime groups is 1. The minimum Gasteiger partial charge on any atom is -0.309 e. The summed E-state index contributed by atoms with van der Waals surface area (Å²) in [6.45, 7) is 5.08. The molecule has 17 heavy (non-hydrogen) atoms. The highest BCUT2D eigenvalue weighted by Gasteiger charge is 2.30. The summed E-state index contributed by atoms with van der Waals surface area (Å²) in [5.74, 6) is 0. The van der Waals surface area contributed by atoms with Crippen molar-refractivity contribution >= 4 is 29.7 Å². The molecule has 0 N–H and O–H groups in total. The maximum absolute atomic E-state index is 12.5. The Balaban J connectivity index is 3.02. The maximum atomic E-state index is 12.5. The molecule has 94 valence electrons. The van der Waals surface area contributed by atoms with E-state index in [1.165, 1.54) is 6.92 Å². The zero-order chi connectivity index (χ0) is 12.9. The lowest BCUT2D eigenvalue weighted by atomic mass is 10.4. The molecule has 0 aliphatic heterocycles. The number of rotatable bonds is 5. The molecule has 1 rings (SSSR count). The van der Waals surface area contributed by atoms with E-state index in [0.29, 0.717) is 5.30 Å². The van der Waals surface area contributed by atoms with Crippen LogP contribution in [0.5, 0.6) is 0 Å². The third-order valence-electron chi connectivity index (χ3n) is 1.70. The highest BCUT2D eigenvalue weighted by atomic mass is 35.5. The van der Waals surface area contributed by atoms with Crippen LogP contribution in [-0.4, -0.2) is 11.3 Å². The van der Waals surface area contributed by atoms with Crippen molar-refractivity contribution in [2.24, 2.45) is 5.16 Å². The smallest absolute Gasteiger partial charge is 0.309 e. The average Bonchev–Trinajstić information content (AvgIpc) is 2.27. The van der Waals surface area contributed by atoms with Gasteiger partial charge in [0, 0.05) is 0 Å². The highest BCUT2D eigenvalue weighted by molar-refractivity contribution is 7.62. The largest absolute Gasteiger partial charge is 0.431 e. The minimum absolute atomic E-state index is 0.161. The summed E-state index contributed by atoms with van der Waals surface area (Å²) in [6, 6.07) is 8.67. The Hall–Kier alpha value is -0.830. The van der Waals surface area contributed by atoms with E-state index >= 15 is 0 Å². The molecule has 0 aliphatic rings. The normalized spacial score (nSPS) is 15.7. The summed E-state index contributed by atoms with van der Waals surface area (Å²) in [4.78, 5) is 0. The van der Waals surface area contributed by atoms with Crippen LogP contribution in [0.1, 0.15) is 20.8 Å². The third kappa shape index (κ3) is 4.50. The summed E-state index contributed by atoms with van der Waals surface area (Å²) in [6.07, 6.45) is -0.244. The van der Waals surface area contributed by atoms with Crippen molar-refractivity contribution in [2.75, 3.05) is 0 Å². The molecule has 1 aromatic carbocycles. The van der Waals surface area contributed by atoms with E-state index in [0.717, 1.165) is 0 Å². The lowest BCUT2D eigenvalue weighted by Crippen LogP contribution is -2.12. The minimum atomic E-state index is -3.45. The molecule has 0 aliphatic carbocycles. The predicted octanol–water partition coefficient (Wildman–Crippen LogP) is 3.52. The van der Waals surface area contributed by atoms with E-state index in [-0.39, 0.29) is 11.3 Å². The number of benzene rings is 1. The van der Waals surface area contributed by atoms with Gasteiger partial charge in [0.25, 0.3) is 0 Å². The lowest BCUT2D eigenvalue weighted by Gasteiger charge is -2.18. The van der Waals surface area contributed by atoms with Gasteiger partial charge in [0.2, 0.25) is 0 Å². The first-order chi connectivity index (χ1) is 7.94. The molecule has 0 fully saturated rings. The second kappa shape index (κ2) is 6.20. The summed E-state index contributed by atoms with van der Waals surface area (Å²) in [5, 5.41) is 4.13. The standard InChI is InChI=1S/C11H15ClNO3P/c1-9(2)15-17(14,16-13-10(3)12)11-7-5-4-6-8-11/h4-9H,1-3H3/b13-10-. The molecule has 6 heteroatoms. The number of hydrogen-bond acceptors (Lipinski definition) is 4. The Morgan fingerprint density at radius 2 is 1.94 bits per heavy atom. The van der Waals surface area contributed by atoms with Gasteiger partial charge in [0.1, 0.15) is 5.17 Å². The quantitative estimate of drug-likeness (QED) is 0.469. The van der Waals surface area contributed by atoms with Crippen LogP contribution in [0, 0.1) is 0 Å². The average molecular weight is 276 g/mol. The SMILES string of the molecule is C/C(Cl)=N/OP(=O)(OC(C)C)c1ccccc1. The molecule has 0 saturated carbocycles. The maximum Gasteiger partial charge on any atom is 0.431 e. The Labute approximate surface area is 106 Å². The molecule has 0 bridgehead atoms. The molecular weight excluding hydrogens is 261 g/mol. The summed E-state index contributed by atoms with van der Waals surface area (Å²) in [7, 11) is -3.45. The summed E-state index contributed by atoms with van der Waals surface area (Å²) in [5.41, 5.74) is 0. The zero-order valence-corrected chi connectivity index (χ0v) is 11.6. The van der Waals surface area contributed by atoms with Gasteiger partial charge in [0.15, 0.2) is 0 Å². The molecule has 1 atom stereocenters. The monoisotopic (exact) mass is 275 g/mol. The van der Waals surface area contributed by atoms with Crippen molar-refractivity contribution in [2.45, 2.75) is 26.9 Å². The van der Waals surface area contributed by atoms with Crippen LogP contribution in [0.25, 0.3) is 0 Å². The van der Waals surface area contributed by atoms with Gasteiger partial charge in [0.05, 0.1) is 11.4 Å². The predicted molar refractivity (Wildman–Crippen MR) is 70.0 cm³/mol. The van der Waals surface area contributed by atoms with E-state index in [4.69, 9.17) is 20.7 Å². The van der Waals surface area contributed by atoms with Crippen LogP contribution in [0.4, 0.5) is 0 Å². The molecule has 4 nitrogen and oxygen atoms in total. The topological polar surface area (TPSA) is 47.9 Å². The van der Waals surface area contributed by atoms with Gasteiger partial charge >= 0.3 is 7.60 Å². The van der Waals surface area contributed by atoms with E-state index in [1.807, 2.05) is 6.07 Å². The second-order valence-electron chi connectivity index (χ2n) is 3.66. The Kier molecular flexibility index (Phi) is 5.19. The fraction of sp³-hybridized carbons (Fsp3) is 0.364.